The molecule has 3 aromatic rings. The lowest BCUT2D eigenvalue weighted by atomic mass is 9.99. The average molecular weight is 438 g/mol. The Balaban J connectivity index is 1.86. The quantitative estimate of drug-likeness (QED) is 0.319. The van der Waals surface area contributed by atoms with Crippen molar-refractivity contribution in [1.82, 2.24) is 5.32 Å². The predicted molar refractivity (Wildman–Crippen MR) is 127 cm³/mol. The molecule has 0 spiro atoms. The molecule has 170 valence electrons. The predicted octanol–water partition coefficient (Wildman–Crippen LogP) is 5.45. The highest BCUT2D eigenvalue weighted by atomic mass is 16.5. The van der Waals surface area contributed by atoms with Crippen molar-refractivity contribution in [2.75, 3.05) is 33.5 Å². The van der Waals surface area contributed by atoms with Crippen LogP contribution in [-0.4, -0.2) is 39.4 Å². The summed E-state index contributed by atoms with van der Waals surface area (Å²) in [6, 6.07) is 11.8. The zero-order valence-electron chi connectivity index (χ0n) is 19.2. The number of amides is 1. The van der Waals surface area contributed by atoms with Gasteiger partial charge in [-0.15, -0.1) is 0 Å². The zero-order valence-corrected chi connectivity index (χ0v) is 19.2. The zero-order chi connectivity index (χ0) is 22.9. The van der Waals surface area contributed by atoms with Gasteiger partial charge in [-0.05, 0) is 56.5 Å². The van der Waals surface area contributed by atoms with Crippen LogP contribution in [0.2, 0.25) is 0 Å². The van der Waals surface area contributed by atoms with E-state index in [-0.39, 0.29) is 5.91 Å². The lowest BCUT2D eigenvalue weighted by Gasteiger charge is -2.10. The lowest BCUT2D eigenvalue weighted by molar-refractivity contribution is -0.116. The van der Waals surface area contributed by atoms with Crippen molar-refractivity contribution >= 4 is 22.4 Å². The monoisotopic (exact) mass is 437 g/mol. The number of furan rings is 1. The van der Waals surface area contributed by atoms with Gasteiger partial charge in [0.25, 0.3) is 0 Å². The first-order valence-electron chi connectivity index (χ1n) is 10.9. The minimum atomic E-state index is -0.139. The molecular formula is C26H31NO5. The van der Waals surface area contributed by atoms with Crippen molar-refractivity contribution in [3.05, 3.63) is 54.3 Å². The van der Waals surface area contributed by atoms with Crippen LogP contribution < -0.4 is 14.8 Å². The molecule has 0 saturated heterocycles. The number of fused-ring (bicyclic) bond motifs is 1. The van der Waals surface area contributed by atoms with Gasteiger partial charge in [0, 0.05) is 48.4 Å². The maximum atomic E-state index is 12.3. The molecule has 6 heteroatoms. The summed E-state index contributed by atoms with van der Waals surface area (Å²) in [5.41, 5.74) is 4.38. The van der Waals surface area contributed by atoms with E-state index in [1.165, 1.54) is 0 Å². The standard InChI is InChI=1S/C26H31NO5/c1-5-30-13-7-12-27-26(28)14-18(3)21-15-22-23(17-32-25(22)16-24(21)29-4)19-8-10-20(11-9-19)31-6-2/h8-11,14-17H,5-7,12-13H2,1-4H3,(H,27,28)/b18-14+. The van der Waals surface area contributed by atoms with Crippen molar-refractivity contribution in [3.8, 4) is 22.6 Å². The number of ether oxygens (including phenoxy) is 3. The largest absolute Gasteiger partial charge is 0.496 e. The third-order valence-corrected chi connectivity index (χ3v) is 5.11. The van der Waals surface area contributed by atoms with Gasteiger partial charge in [-0.3, -0.25) is 4.79 Å². The van der Waals surface area contributed by atoms with Crippen LogP contribution in [0.1, 0.15) is 32.8 Å². The Morgan fingerprint density at radius 1 is 1.12 bits per heavy atom. The summed E-state index contributed by atoms with van der Waals surface area (Å²) >= 11 is 0. The van der Waals surface area contributed by atoms with Crippen LogP contribution in [-0.2, 0) is 9.53 Å². The Kier molecular flexibility index (Phi) is 8.34. The maximum Gasteiger partial charge on any atom is 0.244 e. The molecule has 6 nitrogen and oxygen atoms in total. The molecule has 0 radical (unpaired) electrons. The SMILES string of the molecule is CCOCCCNC(=O)/C=C(\C)c1cc2c(-c3ccc(OCC)cc3)coc2cc1OC. The Labute approximate surface area is 189 Å². The fraction of sp³-hybridized carbons (Fsp3) is 0.346. The van der Waals surface area contributed by atoms with Gasteiger partial charge < -0.3 is 23.9 Å². The Bertz CT molecular complexity index is 1070. The summed E-state index contributed by atoms with van der Waals surface area (Å²) in [4.78, 5) is 12.3. The van der Waals surface area contributed by atoms with E-state index in [0.29, 0.717) is 32.1 Å². The number of hydrogen-bond acceptors (Lipinski definition) is 5. The first-order chi connectivity index (χ1) is 15.6. The fourth-order valence-corrected chi connectivity index (χ4v) is 3.51. The van der Waals surface area contributed by atoms with E-state index in [2.05, 4.69) is 5.32 Å². The number of rotatable bonds is 11. The van der Waals surface area contributed by atoms with E-state index >= 15 is 0 Å². The van der Waals surface area contributed by atoms with Gasteiger partial charge in [0.15, 0.2) is 0 Å². The van der Waals surface area contributed by atoms with Crippen LogP contribution in [0.5, 0.6) is 11.5 Å². The molecule has 1 aromatic heterocycles. The number of carbonyl (C=O) groups is 1. The second-order valence-corrected chi connectivity index (χ2v) is 7.32. The van der Waals surface area contributed by atoms with Crippen molar-refractivity contribution < 1.29 is 23.4 Å². The van der Waals surface area contributed by atoms with Crippen LogP contribution in [0.15, 0.2) is 53.2 Å². The summed E-state index contributed by atoms with van der Waals surface area (Å²) in [6.45, 7) is 8.34. The van der Waals surface area contributed by atoms with Gasteiger partial charge in [-0.2, -0.15) is 0 Å². The second-order valence-electron chi connectivity index (χ2n) is 7.32. The Hall–Kier alpha value is -3.25. The first-order valence-corrected chi connectivity index (χ1v) is 10.9. The van der Waals surface area contributed by atoms with Gasteiger partial charge in [0.1, 0.15) is 17.1 Å². The van der Waals surface area contributed by atoms with E-state index in [4.69, 9.17) is 18.6 Å². The van der Waals surface area contributed by atoms with E-state index in [9.17, 15) is 4.79 Å². The summed E-state index contributed by atoms with van der Waals surface area (Å²) in [5, 5.41) is 3.85. The van der Waals surface area contributed by atoms with Crippen LogP contribution in [0.25, 0.3) is 27.7 Å². The molecule has 0 fully saturated rings. The number of hydrogen-bond donors (Lipinski definition) is 1. The van der Waals surface area contributed by atoms with E-state index in [1.54, 1.807) is 19.4 Å². The van der Waals surface area contributed by atoms with Crippen LogP contribution in [0.4, 0.5) is 0 Å². The van der Waals surface area contributed by atoms with E-state index in [0.717, 1.165) is 45.4 Å². The molecule has 0 atom stereocenters. The molecular weight excluding hydrogens is 406 g/mol. The van der Waals surface area contributed by atoms with Crippen molar-refractivity contribution in [2.45, 2.75) is 27.2 Å². The summed E-state index contributed by atoms with van der Waals surface area (Å²) in [6.07, 6.45) is 4.12. The molecule has 0 aliphatic rings. The van der Waals surface area contributed by atoms with Crippen molar-refractivity contribution in [3.63, 3.8) is 0 Å². The van der Waals surface area contributed by atoms with E-state index in [1.807, 2.05) is 57.2 Å². The molecule has 1 heterocycles. The minimum Gasteiger partial charge on any atom is -0.496 e. The average Bonchev–Trinajstić information content (AvgIpc) is 3.21. The smallest absolute Gasteiger partial charge is 0.244 e. The molecule has 1 amide bonds. The molecule has 0 aliphatic carbocycles. The van der Waals surface area contributed by atoms with Gasteiger partial charge in [-0.1, -0.05) is 12.1 Å². The third kappa shape index (κ3) is 5.71. The highest BCUT2D eigenvalue weighted by Gasteiger charge is 2.15. The first kappa shape index (κ1) is 23.4. The second kappa shape index (κ2) is 11.4. The normalized spacial score (nSPS) is 11.6. The topological polar surface area (TPSA) is 69.9 Å². The van der Waals surface area contributed by atoms with Crippen LogP contribution in [0.3, 0.4) is 0 Å². The Morgan fingerprint density at radius 3 is 2.59 bits per heavy atom. The van der Waals surface area contributed by atoms with Crippen molar-refractivity contribution in [2.24, 2.45) is 0 Å². The number of benzene rings is 2. The maximum absolute atomic E-state index is 12.3. The number of carbonyl (C=O) groups excluding carboxylic acids is 1. The summed E-state index contributed by atoms with van der Waals surface area (Å²) < 4.78 is 22.2. The van der Waals surface area contributed by atoms with Crippen molar-refractivity contribution in [1.29, 1.82) is 0 Å². The molecule has 0 unspecified atom stereocenters. The van der Waals surface area contributed by atoms with Gasteiger partial charge in [0.05, 0.1) is 20.0 Å². The fourth-order valence-electron chi connectivity index (χ4n) is 3.51. The number of methoxy groups -OCH3 is 1. The van der Waals surface area contributed by atoms with Gasteiger partial charge in [-0.25, -0.2) is 0 Å². The third-order valence-electron chi connectivity index (χ3n) is 5.11. The number of nitrogens with one attached hydrogen (secondary N) is 1. The molecule has 0 saturated carbocycles. The molecule has 0 bridgehead atoms. The highest BCUT2D eigenvalue weighted by Crippen LogP contribution is 2.37. The minimum absolute atomic E-state index is 0.139. The highest BCUT2D eigenvalue weighted by molar-refractivity contribution is 6.00. The molecule has 2 aromatic carbocycles. The summed E-state index contributed by atoms with van der Waals surface area (Å²) in [5.74, 6) is 1.35. The van der Waals surface area contributed by atoms with Crippen LogP contribution >= 0.6 is 0 Å². The number of allylic oxidation sites excluding steroid dienone is 1. The molecule has 0 aliphatic heterocycles. The summed E-state index contributed by atoms with van der Waals surface area (Å²) in [7, 11) is 1.61. The molecule has 32 heavy (non-hydrogen) atoms. The van der Waals surface area contributed by atoms with Gasteiger partial charge >= 0.3 is 0 Å². The van der Waals surface area contributed by atoms with Crippen LogP contribution in [0, 0.1) is 0 Å². The Morgan fingerprint density at radius 2 is 1.91 bits per heavy atom. The van der Waals surface area contributed by atoms with E-state index < -0.39 is 0 Å². The lowest BCUT2D eigenvalue weighted by Crippen LogP contribution is -2.23. The molecule has 1 N–H and O–H groups in total. The molecule has 3 rings (SSSR count). The van der Waals surface area contributed by atoms with Gasteiger partial charge in [0.2, 0.25) is 5.91 Å².